The molecule has 6 heteroatoms. The Kier molecular flexibility index (Phi) is 8.57. The Morgan fingerprint density at radius 2 is 1.32 bits per heavy atom. The molecule has 0 aliphatic rings. The smallest absolute Gasteiger partial charge is 0.507 e. The Balaban J connectivity index is 0.000000292. The molecule has 0 atom stereocenters. The van der Waals surface area contributed by atoms with Crippen LogP contribution in [0.15, 0.2) is 45.3 Å². The maximum atomic E-state index is 10.9. The second kappa shape index (κ2) is 9.79. The number of carbonyl (C=O) groups excluding carboxylic acids is 1. The van der Waals surface area contributed by atoms with E-state index in [0.717, 1.165) is 14.5 Å². The van der Waals surface area contributed by atoms with Gasteiger partial charge in [0.25, 0.3) is 0 Å². The highest BCUT2D eigenvalue weighted by Crippen LogP contribution is 2.32. The highest BCUT2D eigenvalue weighted by molar-refractivity contribution is 9.10. The minimum absolute atomic E-state index is 0.0618. The van der Waals surface area contributed by atoms with E-state index < -0.39 is 6.16 Å². The number of methoxy groups -OCH3 is 1. The third-order valence-electron chi connectivity index (χ3n) is 3.97. The fraction of sp³-hybridized carbons (Fsp3) is 0.409. The molecule has 0 heterocycles. The van der Waals surface area contributed by atoms with Crippen LogP contribution in [0.2, 0.25) is 0 Å². The van der Waals surface area contributed by atoms with Crippen molar-refractivity contribution in [2.24, 2.45) is 0 Å². The van der Waals surface area contributed by atoms with E-state index in [9.17, 15) is 9.90 Å². The maximum Gasteiger partial charge on any atom is 0.513 e. The van der Waals surface area contributed by atoms with Crippen molar-refractivity contribution in [2.45, 2.75) is 52.4 Å². The van der Waals surface area contributed by atoms with Gasteiger partial charge in [0, 0.05) is 0 Å². The lowest BCUT2D eigenvalue weighted by molar-refractivity contribution is 0.121. The molecule has 4 nitrogen and oxygen atoms in total. The van der Waals surface area contributed by atoms with E-state index in [4.69, 9.17) is 4.74 Å². The Labute approximate surface area is 184 Å². The van der Waals surface area contributed by atoms with Gasteiger partial charge in [-0.3, -0.25) is 0 Å². The topological polar surface area (TPSA) is 55.8 Å². The summed E-state index contributed by atoms with van der Waals surface area (Å²) in [6.45, 7) is 12.8. The van der Waals surface area contributed by atoms with Gasteiger partial charge in [-0.05, 0) is 78.1 Å². The van der Waals surface area contributed by atoms with E-state index in [1.165, 1.54) is 12.7 Å². The highest BCUT2D eigenvalue weighted by Gasteiger charge is 2.16. The van der Waals surface area contributed by atoms with E-state index in [-0.39, 0.29) is 10.8 Å². The normalized spacial score (nSPS) is 11.3. The number of rotatable bonds is 1. The van der Waals surface area contributed by atoms with Crippen LogP contribution in [0, 0.1) is 0 Å². The molecule has 0 aliphatic heterocycles. The van der Waals surface area contributed by atoms with Gasteiger partial charge in [0.2, 0.25) is 0 Å². The SMILES string of the molecule is CC(C)(C)c1ccc(O)c(Br)c1.COC(=O)Oc1ccc(C(C)(C)C)cc1Br. The average molecular weight is 516 g/mol. The Bertz CT molecular complexity index is 818. The second-order valence-electron chi connectivity index (χ2n) is 8.37. The highest BCUT2D eigenvalue weighted by atomic mass is 79.9. The number of ether oxygens (including phenoxy) is 2. The molecule has 1 N–H and O–H groups in total. The number of aromatic hydroxyl groups is 1. The van der Waals surface area contributed by atoms with Crippen LogP contribution in [0.25, 0.3) is 0 Å². The van der Waals surface area contributed by atoms with Crippen LogP contribution in [0.1, 0.15) is 52.7 Å². The van der Waals surface area contributed by atoms with Crippen molar-refractivity contribution in [2.75, 3.05) is 7.11 Å². The first-order valence-corrected chi connectivity index (χ1v) is 10.4. The predicted molar refractivity (Wildman–Crippen MR) is 120 cm³/mol. The number of phenols is 1. The molecule has 0 saturated heterocycles. The molecular weight excluding hydrogens is 488 g/mol. The van der Waals surface area contributed by atoms with Gasteiger partial charge in [-0.15, -0.1) is 0 Å². The number of hydrogen-bond acceptors (Lipinski definition) is 4. The molecule has 0 unspecified atom stereocenters. The summed E-state index contributed by atoms with van der Waals surface area (Å²) in [5.41, 5.74) is 2.58. The monoisotopic (exact) mass is 514 g/mol. The minimum Gasteiger partial charge on any atom is -0.507 e. The third-order valence-corrected chi connectivity index (χ3v) is 5.23. The van der Waals surface area contributed by atoms with Gasteiger partial charge in [0.1, 0.15) is 11.5 Å². The molecular formula is C22H28Br2O4. The van der Waals surface area contributed by atoms with E-state index >= 15 is 0 Å². The van der Waals surface area contributed by atoms with Gasteiger partial charge in [-0.1, -0.05) is 53.7 Å². The molecule has 154 valence electrons. The second-order valence-corrected chi connectivity index (χ2v) is 10.1. The number of phenolic OH excluding ortho intramolecular Hbond substituents is 1. The lowest BCUT2D eigenvalue weighted by Crippen LogP contribution is -2.12. The molecule has 0 aliphatic carbocycles. The summed E-state index contributed by atoms with van der Waals surface area (Å²) in [5.74, 6) is 0.753. The van der Waals surface area contributed by atoms with Crippen molar-refractivity contribution in [1.82, 2.24) is 0 Å². The van der Waals surface area contributed by atoms with Gasteiger partial charge in [-0.2, -0.15) is 0 Å². The molecule has 0 aromatic heterocycles. The third kappa shape index (κ3) is 7.47. The number of hydrogen-bond donors (Lipinski definition) is 1. The molecule has 0 fully saturated rings. The minimum atomic E-state index is -0.718. The lowest BCUT2D eigenvalue weighted by atomic mass is 9.87. The molecule has 0 radical (unpaired) electrons. The van der Waals surface area contributed by atoms with Crippen LogP contribution in [0.4, 0.5) is 4.79 Å². The van der Waals surface area contributed by atoms with E-state index in [1.54, 1.807) is 12.1 Å². The Morgan fingerprint density at radius 1 is 0.857 bits per heavy atom. The zero-order chi connectivity index (χ0) is 21.7. The van der Waals surface area contributed by atoms with Crippen LogP contribution in [0.5, 0.6) is 11.5 Å². The zero-order valence-corrected chi connectivity index (χ0v) is 20.6. The van der Waals surface area contributed by atoms with Crippen molar-refractivity contribution in [3.8, 4) is 11.5 Å². The van der Waals surface area contributed by atoms with Gasteiger partial charge in [0.15, 0.2) is 0 Å². The fourth-order valence-electron chi connectivity index (χ4n) is 2.15. The largest absolute Gasteiger partial charge is 0.513 e. The standard InChI is InChI=1S/C12H15BrO3.C10H13BrO/c1-12(2,3)8-5-6-10(9(13)7-8)16-11(14)15-4;1-10(2,3)7-4-5-9(12)8(11)6-7/h5-7H,1-4H3;4-6,12H,1-3H3. The maximum absolute atomic E-state index is 10.9. The van der Waals surface area contributed by atoms with Crippen LogP contribution >= 0.6 is 31.9 Å². The fourth-order valence-corrected chi connectivity index (χ4v) is 2.99. The molecule has 0 spiro atoms. The van der Waals surface area contributed by atoms with Gasteiger partial charge in [0.05, 0.1) is 16.1 Å². The summed E-state index contributed by atoms with van der Waals surface area (Å²) in [7, 11) is 1.28. The summed E-state index contributed by atoms with van der Waals surface area (Å²) in [5, 5.41) is 9.26. The summed E-state index contributed by atoms with van der Waals surface area (Å²) >= 11 is 6.65. The van der Waals surface area contributed by atoms with Crippen molar-refractivity contribution < 1.29 is 19.4 Å². The number of carbonyl (C=O) groups is 1. The van der Waals surface area contributed by atoms with E-state index in [1.807, 2.05) is 24.3 Å². The Morgan fingerprint density at radius 3 is 1.71 bits per heavy atom. The van der Waals surface area contributed by atoms with Crippen LogP contribution < -0.4 is 4.74 Å². The van der Waals surface area contributed by atoms with Crippen molar-refractivity contribution >= 4 is 38.0 Å². The summed E-state index contributed by atoms with van der Waals surface area (Å²) in [4.78, 5) is 10.9. The van der Waals surface area contributed by atoms with Crippen LogP contribution in [-0.4, -0.2) is 18.4 Å². The number of halogens is 2. The van der Waals surface area contributed by atoms with E-state index in [2.05, 4.69) is 78.1 Å². The van der Waals surface area contributed by atoms with Gasteiger partial charge in [-0.25, -0.2) is 4.79 Å². The average Bonchev–Trinajstić information content (AvgIpc) is 2.57. The lowest BCUT2D eigenvalue weighted by Gasteiger charge is -2.19. The van der Waals surface area contributed by atoms with Crippen molar-refractivity contribution in [3.05, 3.63) is 56.5 Å². The molecule has 2 aromatic carbocycles. The van der Waals surface area contributed by atoms with E-state index in [0.29, 0.717) is 11.5 Å². The zero-order valence-electron chi connectivity index (χ0n) is 17.4. The van der Waals surface area contributed by atoms with Crippen molar-refractivity contribution in [3.63, 3.8) is 0 Å². The first-order chi connectivity index (χ1) is 12.8. The first-order valence-electron chi connectivity index (χ1n) is 8.80. The Hall–Kier alpha value is -1.53. The van der Waals surface area contributed by atoms with Crippen molar-refractivity contribution in [1.29, 1.82) is 0 Å². The predicted octanol–water partition coefficient (Wildman–Crippen LogP) is 7.34. The molecule has 0 amide bonds. The quantitative estimate of drug-likeness (QED) is 0.318. The molecule has 2 rings (SSSR count). The van der Waals surface area contributed by atoms with Gasteiger partial charge < -0.3 is 14.6 Å². The molecule has 2 aromatic rings. The summed E-state index contributed by atoms with van der Waals surface area (Å²) in [6.07, 6.45) is -0.718. The molecule has 0 saturated carbocycles. The summed E-state index contributed by atoms with van der Waals surface area (Å²) < 4.78 is 10.9. The number of benzene rings is 2. The molecule has 0 bridgehead atoms. The van der Waals surface area contributed by atoms with Gasteiger partial charge >= 0.3 is 6.16 Å². The van der Waals surface area contributed by atoms with Crippen LogP contribution in [-0.2, 0) is 15.6 Å². The van der Waals surface area contributed by atoms with Crippen LogP contribution in [0.3, 0.4) is 0 Å². The summed E-state index contributed by atoms with van der Waals surface area (Å²) in [6, 6.07) is 11.2. The first kappa shape index (κ1) is 24.5. The molecule has 28 heavy (non-hydrogen) atoms.